The van der Waals surface area contributed by atoms with Crippen molar-refractivity contribution >= 4 is 11.8 Å². The Labute approximate surface area is 88.7 Å². The topological polar surface area (TPSA) is 54.4 Å². The van der Waals surface area contributed by atoms with Crippen LogP contribution in [0, 0.1) is 19.8 Å². The summed E-state index contributed by atoms with van der Waals surface area (Å²) < 4.78 is 0. The molecule has 0 aliphatic rings. The predicted octanol–water partition coefficient (Wildman–Crippen LogP) is 2.21. The first-order valence-electron chi connectivity index (χ1n) is 4.77. The number of aliphatic carboxylic acids is 1. The molecule has 0 heterocycles. The number of Topliss-reactive ketones (excluding diaryl/α,β-unsaturated/α-hetero) is 1. The number of aryl methyl sites for hydroxylation is 2. The van der Waals surface area contributed by atoms with Crippen molar-refractivity contribution in [3.63, 3.8) is 0 Å². The quantitative estimate of drug-likeness (QED) is 0.609. The molecule has 0 aliphatic carbocycles. The molecule has 0 aromatic heterocycles. The van der Waals surface area contributed by atoms with E-state index in [2.05, 4.69) is 0 Å². The maximum Gasteiger partial charge on any atom is 0.314 e. The van der Waals surface area contributed by atoms with Gasteiger partial charge in [0.1, 0.15) is 5.92 Å². The van der Waals surface area contributed by atoms with E-state index in [0.29, 0.717) is 5.56 Å². The fourth-order valence-electron chi connectivity index (χ4n) is 1.35. The molecular weight excluding hydrogens is 192 g/mol. The first-order chi connectivity index (χ1) is 6.93. The van der Waals surface area contributed by atoms with Crippen LogP contribution < -0.4 is 0 Å². The Morgan fingerprint density at radius 1 is 1.27 bits per heavy atom. The molecule has 0 amide bonds. The van der Waals surface area contributed by atoms with Crippen molar-refractivity contribution in [3.8, 4) is 0 Å². The molecule has 0 radical (unpaired) electrons. The molecule has 3 heteroatoms. The van der Waals surface area contributed by atoms with Crippen molar-refractivity contribution in [1.29, 1.82) is 0 Å². The molecule has 80 valence electrons. The van der Waals surface area contributed by atoms with Crippen LogP contribution in [0.2, 0.25) is 0 Å². The van der Waals surface area contributed by atoms with E-state index < -0.39 is 11.9 Å². The summed E-state index contributed by atoms with van der Waals surface area (Å²) in [7, 11) is 0. The van der Waals surface area contributed by atoms with Crippen LogP contribution in [0.15, 0.2) is 18.2 Å². The van der Waals surface area contributed by atoms with Crippen molar-refractivity contribution in [2.45, 2.75) is 20.8 Å². The second-order valence-electron chi connectivity index (χ2n) is 3.74. The summed E-state index contributed by atoms with van der Waals surface area (Å²) in [5.74, 6) is -2.39. The molecule has 1 aromatic rings. The molecule has 0 fully saturated rings. The maximum absolute atomic E-state index is 11.8. The van der Waals surface area contributed by atoms with Crippen molar-refractivity contribution in [1.82, 2.24) is 0 Å². The summed E-state index contributed by atoms with van der Waals surface area (Å²) in [6.07, 6.45) is 0. The van der Waals surface area contributed by atoms with Crippen molar-refractivity contribution in [3.05, 3.63) is 34.9 Å². The van der Waals surface area contributed by atoms with Crippen LogP contribution in [0.4, 0.5) is 0 Å². The van der Waals surface area contributed by atoms with Crippen molar-refractivity contribution < 1.29 is 14.7 Å². The van der Waals surface area contributed by atoms with E-state index in [1.54, 1.807) is 13.0 Å². The molecule has 0 bridgehead atoms. The van der Waals surface area contributed by atoms with E-state index in [-0.39, 0.29) is 5.78 Å². The Balaban J connectivity index is 3.11. The van der Waals surface area contributed by atoms with E-state index in [1.165, 1.54) is 6.92 Å². The second-order valence-corrected chi connectivity index (χ2v) is 3.74. The van der Waals surface area contributed by atoms with Gasteiger partial charge in [0.15, 0.2) is 5.78 Å². The highest BCUT2D eigenvalue weighted by atomic mass is 16.4. The molecule has 0 aliphatic heterocycles. The molecular formula is C12H14O3. The lowest BCUT2D eigenvalue weighted by atomic mass is 9.94. The van der Waals surface area contributed by atoms with Gasteiger partial charge in [-0.2, -0.15) is 0 Å². The van der Waals surface area contributed by atoms with Gasteiger partial charge in [0.25, 0.3) is 0 Å². The third-order valence-electron chi connectivity index (χ3n) is 2.42. The van der Waals surface area contributed by atoms with Gasteiger partial charge in [-0.25, -0.2) is 0 Å². The normalized spacial score (nSPS) is 12.2. The maximum atomic E-state index is 11.8. The highest BCUT2D eigenvalue weighted by molar-refractivity contribution is 6.08. The Hall–Kier alpha value is -1.64. The van der Waals surface area contributed by atoms with Crippen LogP contribution in [0.3, 0.4) is 0 Å². The van der Waals surface area contributed by atoms with Gasteiger partial charge in [0.05, 0.1) is 0 Å². The number of ketones is 1. The van der Waals surface area contributed by atoms with Crippen LogP contribution in [-0.4, -0.2) is 16.9 Å². The number of rotatable bonds is 3. The summed E-state index contributed by atoms with van der Waals surface area (Å²) >= 11 is 0. The van der Waals surface area contributed by atoms with E-state index in [1.807, 2.05) is 19.1 Å². The fourth-order valence-corrected chi connectivity index (χ4v) is 1.35. The van der Waals surface area contributed by atoms with E-state index >= 15 is 0 Å². The highest BCUT2D eigenvalue weighted by Gasteiger charge is 2.23. The molecule has 1 N–H and O–H groups in total. The second kappa shape index (κ2) is 4.26. The standard InChI is InChI=1S/C12H14O3/c1-7-4-5-8(2)10(6-7)11(13)9(3)12(14)15/h4-6,9H,1-3H3,(H,14,15). The average molecular weight is 206 g/mol. The zero-order valence-corrected chi connectivity index (χ0v) is 9.07. The lowest BCUT2D eigenvalue weighted by molar-refractivity contribution is -0.139. The van der Waals surface area contributed by atoms with Gasteiger partial charge in [-0.05, 0) is 32.4 Å². The number of carboxylic acids is 1. The monoisotopic (exact) mass is 206 g/mol. The number of carbonyl (C=O) groups is 2. The lowest BCUT2D eigenvalue weighted by Gasteiger charge is -2.08. The van der Waals surface area contributed by atoms with Gasteiger partial charge < -0.3 is 5.11 Å². The van der Waals surface area contributed by atoms with Gasteiger partial charge in [0.2, 0.25) is 0 Å². The Morgan fingerprint density at radius 3 is 2.40 bits per heavy atom. The van der Waals surface area contributed by atoms with Crippen LogP contribution in [-0.2, 0) is 4.79 Å². The van der Waals surface area contributed by atoms with Crippen molar-refractivity contribution in [2.75, 3.05) is 0 Å². The first kappa shape index (κ1) is 11.4. The smallest absolute Gasteiger partial charge is 0.314 e. The van der Waals surface area contributed by atoms with Crippen LogP contribution in [0.1, 0.15) is 28.4 Å². The van der Waals surface area contributed by atoms with Crippen LogP contribution in [0.25, 0.3) is 0 Å². The van der Waals surface area contributed by atoms with Gasteiger partial charge >= 0.3 is 5.97 Å². The molecule has 3 nitrogen and oxygen atoms in total. The molecule has 0 spiro atoms. The van der Waals surface area contributed by atoms with Gasteiger partial charge in [-0.1, -0.05) is 17.7 Å². The summed E-state index contributed by atoms with van der Waals surface area (Å²) in [4.78, 5) is 22.5. The summed E-state index contributed by atoms with van der Waals surface area (Å²) in [5.41, 5.74) is 2.28. The highest BCUT2D eigenvalue weighted by Crippen LogP contribution is 2.15. The Bertz CT molecular complexity index is 407. The van der Waals surface area contributed by atoms with Crippen molar-refractivity contribution in [2.24, 2.45) is 5.92 Å². The minimum Gasteiger partial charge on any atom is -0.481 e. The molecule has 0 saturated carbocycles. The third kappa shape index (κ3) is 2.43. The molecule has 1 rings (SSSR count). The summed E-state index contributed by atoms with van der Waals surface area (Å²) in [6, 6.07) is 5.46. The van der Waals surface area contributed by atoms with Gasteiger partial charge in [0, 0.05) is 5.56 Å². The number of carbonyl (C=O) groups excluding carboxylic acids is 1. The number of benzene rings is 1. The van der Waals surface area contributed by atoms with Gasteiger partial charge in [-0.15, -0.1) is 0 Å². The molecule has 15 heavy (non-hydrogen) atoms. The zero-order chi connectivity index (χ0) is 11.6. The zero-order valence-electron chi connectivity index (χ0n) is 9.07. The van der Waals surface area contributed by atoms with E-state index in [0.717, 1.165) is 11.1 Å². The van der Waals surface area contributed by atoms with Crippen LogP contribution in [0.5, 0.6) is 0 Å². The number of hydrogen-bond acceptors (Lipinski definition) is 2. The number of hydrogen-bond donors (Lipinski definition) is 1. The summed E-state index contributed by atoms with van der Waals surface area (Å²) in [5, 5.41) is 8.75. The van der Waals surface area contributed by atoms with Gasteiger partial charge in [-0.3, -0.25) is 9.59 Å². The Kier molecular flexibility index (Phi) is 3.24. The first-order valence-corrected chi connectivity index (χ1v) is 4.77. The molecule has 1 aromatic carbocycles. The molecule has 1 atom stereocenters. The SMILES string of the molecule is Cc1ccc(C)c(C(=O)C(C)C(=O)O)c1. The average Bonchev–Trinajstić information content (AvgIpc) is 2.19. The Morgan fingerprint density at radius 2 is 1.87 bits per heavy atom. The van der Waals surface area contributed by atoms with Crippen LogP contribution >= 0.6 is 0 Å². The molecule has 0 saturated heterocycles. The van der Waals surface area contributed by atoms with E-state index in [4.69, 9.17) is 5.11 Å². The largest absolute Gasteiger partial charge is 0.481 e. The lowest BCUT2D eigenvalue weighted by Crippen LogP contribution is -2.21. The molecule has 1 unspecified atom stereocenters. The minimum atomic E-state index is -1.08. The van der Waals surface area contributed by atoms with E-state index in [9.17, 15) is 9.59 Å². The number of carboxylic acid groups (broad SMARTS) is 1. The third-order valence-corrected chi connectivity index (χ3v) is 2.42. The fraction of sp³-hybridized carbons (Fsp3) is 0.333. The summed E-state index contributed by atoms with van der Waals surface area (Å²) in [6.45, 7) is 5.09. The predicted molar refractivity (Wildman–Crippen MR) is 57.0 cm³/mol. The minimum absolute atomic E-state index is 0.330.